The molecule has 1 aromatic rings. The first-order valence-corrected chi connectivity index (χ1v) is 7.96. The minimum absolute atomic E-state index is 0.509. The Bertz CT molecular complexity index is 504. The largest absolute Gasteiger partial charge is 0.295 e. The maximum Gasteiger partial charge on any atom is 0.225 e. The van der Waals surface area contributed by atoms with Crippen LogP contribution in [-0.2, 0) is 0 Å². The van der Waals surface area contributed by atoms with Crippen LogP contribution in [0.4, 0.5) is 0 Å². The molecule has 6 heteroatoms. The van der Waals surface area contributed by atoms with Gasteiger partial charge in [0.1, 0.15) is 0 Å². The number of rotatable bonds is 4. The number of benzene rings is 1. The highest BCUT2D eigenvalue weighted by Crippen LogP contribution is 2.20. The maximum atomic E-state index is 5.98. The summed E-state index contributed by atoms with van der Waals surface area (Å²) in [4.78, 5) is 5.53. The van der Waals surface area contributed by atoms with Crippen LogP contribution < -0.4 is 4.72 Å². The predicted octanol–water partition coefficient (Wildman–Crippen LogP) is 3.64. The van der Waals surface area contributed by atoms with Crippen molar-refractivity contribution in [3.63, 3.8) is 0 Å². The van der Waals surface area contributed by atoms with E-state index in [2.05, 4.69) is 21.7 Å². The Morgan fingerprint density at radius 2 is 2.40 bits per heavy atom. The fourth-order valence-electron chi connectivity index (χ4n) is 1.82. The monoisotopic (exact) mass is 310 g/mol. The first kappa shape index (κ1) is 15.2. The van der Waals surface area contributed by atoms with Crippen LogP contribution in [0.25, 0.3) is 0 Å². The molecule has 0 saturated heterocycles. The van der Waals surface area contributed by atoms with Gasteiger partial charge in [-0.2, -0.15) is 5.10 Å². The highest BCUT2D eigenvalue weighted by Gasteiger charge is 2.20. The molecule has 0 spiro atoms. The Morgan fingerprint density at radius 3 is 3.05 bits per heavy atom. The third kappa shape index (κ3) is 4.15. The van der Waals surface area contributed by atoms with E-state index in [0.29, 0.717) is 5.92 Å². The molecule has 1 unspecified atom stereocenters. The molecule has 0 radical (unpaired) electrons. The molecular formula is C14H19ClN4S. The molecule has 4 nitrogen and oxygen atoms in total. The van der Waals surface area contributed by atoms with Crippen LogP contribution >= 0.6 is 23.5 Å². The van der Waals surface area contributed by atoms with Crippen LogP contribution in [0, 0.1) is 5.92 Å². The van der Waals surface area contributed by atoms with Crippen LogP contribution in [0.1, 0.15) is 20.3 Å². The lowest BCUT2D eigenvalue weighted by atomic mass is 10.1. The fraction of sp³-hybridized carbons (Fsp3) is 0.429. The summed E-state index contributed by atoms with van der Waals surface area (Å²) in [5, 5.41) is 7.07. The quantitative estimate of drug-likeness (QED) is 0.524. The fourth-order valence-corrected chi connectivity index (χ4v) is 2.78. The highest BCUT2D eigenvalue weighted by atomic mass is 35.5. The molecule has 2 rings (SSSR count). The Labute approximate surface area is 129 Å². The number of hydrogen-bond donors (Lipinski definition) is 1. The number of nitrogens with one attached hydrogen (secondary N) is 1. The standard InChI is InChI=1S/C14H19ClN4S/c1-3-11-9-17-19(10-11)14(16-4-2)18-20-13-7-5-6-12(15)8-13/h5-9,11H,3-4,10H2,1-2H3,(H,16,18). The SMILES string of the molecule is CCN=C(NSc1cccc(Cl)c1)N1CC(CC)C=N1. The van der Waals surface area contributed by atoms with Crippen molar-refractivity contribution in [2.75, 3.05) is 13.1 Å². The van der Waals surface area contributed by atoms with Crippen LogP contribution in [-0.4, -0.2) is 30.3 Å². The van der Waals surface area contributed by atoms with Gasteiger partial charge in [0.2, 0.25) is 5.96 Å². The summed E-state index contributed by atoms with van der Waals surface area (Å²) < 4.78 is 3.27. The van der Waals surface area contributed by atoms with Gasteiger partial charge < -0.3 is 0 Å². The molecule has 0 aliphatic carbocycles. The predicted molar refractivity (Wildman–Crippen MR) is 87.4 cm³/mol. The van der Waals surface area contributed by atoms with Crippen LogP contribution in [0.5, 0.6) is 0 Å². The molecule has 1 aliphatic rings. The van der Waals surface area contributed by atoms with E-state index in [1.807, 2.05) is 42.4 Å². The van der Waals surface area contributed by atoms with Crippen molar-refractivity contribution in [3.8, 4) is 0 Å². The van der Waals surface area contributed by atoms with Gasteiger partial charge >= 0.3 is 0 Å². The second-order valence-corrected chi connectivity index (χ2v) is 5.79. The van der Waals surface area contributed by atoms with Gasteiger partial charge in [0.05, 0.1) is 6.54 Å². The molecule has 0 aromatic heterocycles. The van der Waals surface area contributed by atoms with E-state index in [-0.39, 0.29) is 0 Å². The number of hydrazone groups is 1. The molecule has 108 valence electrons. The molecule has 0 amide bonds. The molecule has 0 bridgehead atoms. The molecule has 1 N–H and O–H groups in total. The molecular weight excluding hydrogens is 292 g/mol. The lowest BCUT2D eigenvalue weighted by Gasteiger charge is -2.18. The number of nitrogens with zero attached hydrogens (tertiary/aromatic N) is 3. The average Bonchev–Trinajstić information content (AvgIpc) is 2.92. The number of halogens is 1. The second-order valence-electron chi connectivity index (χ2n) is 4.47. The van der Waals surface area contributed by atoms with Gasteiger partial charge in [-0.1, -0.05) is 24.6 Å². The summed E-state index contributed by atoms with van der Waals surface area (Å²) >= 11 is 7.48. The summed E-state index contributed by atoms with van der Waals surface area (Å²) in [7, 11) is 0. The molecule has 1 atom stereocenters. The van der Waals surface area contributed by atoms with Gasteiger partial charge in [0.25, 0.3) is 0 Å². The zero-order valence-electron chi connectivity index (χ0n) is 11.7. The van der Waals surface area contributed by atoms with Gasteiger partial charge in [0, 0.05) is 28.6 Å². The molecule has 1 heterocycles. The third-order valence-electron chi connectivity index (χ3n) is 2.96. The van der Waals surface area contributed by atoms with E-state index in [9.17, 15) is 0 Å². The topological polar surface area (TPSA) is 40.0 Å². The van der Waals surface area contributed by atoms with Crippen molar-refractivity contribution in [2.45, 2.75) is 25.2 Å². The Balaban J connectivity index is 1.97. The van der Waals surface area contributed by atoms with Crippen molar-refractivity contribution < 1.29 is 0 Å². The molecule has 0 saturated carbocycles. The van der Waals surface area contributed by atoms with Crippen molar-refractivity contribution in [2.24, 2.45) is 16.0 Å². The zero-order chi connectivity index (χ0) is 14.4. The molecule has 1 aromatic carbocycles. The minimum Gasteiger partial charge on any atom is -0.295 e. The summed E-state index contributed by atoms with van der Waals surface area (Å²) in [5.41, 5.74) is 0. The van der Waals surface area contributed by atoms with E-state index < -0.39 is 0 Å². The lowest BCUT2D eigenvalue weighted by Crippen LogP contribution is -2.34. The van der Waals surface area contributed by atoms with Crippen molar-refractivity contribution in [1.82, 2.24) is 9.73 Å². The third-order valence-corrected chi connectivity index (χ3v) is 3.97. The Morgan fingerprint density at radius 1 is 1.55 bits per heavy atom. The molecule has 1 aliphatic heterocycles. The van der Waals surface area contributed by atoms with Crippen LogP contribution in [0.15, 0.2) is 39.3 Å². The molecule has 20 heavy (non-hydrogen) atoms. The smallest absolute Gasteiger partial charge is 0.225 e. The van der Waals surface area contributed by atoms with E-state index in [0.717, 1.165) is 35.4 Å². The second kappa shape index (κ2) is 7.55. The van der Waals surface area contributed by atoms with E-state index in [1.165, 1.54) is 11.9 Å². The summed E-state index contributed by atoms with van der Waals surface area (Å²) in [6.07, 6.45) is 3.09. The maximum absolute atomic E-state index is 5.98. The van der Waals surface area contributed by atoms with Gasteiger partial charge in [-0.3, -0.25) is 9.71 Å². The summed E-state index contributed by atoms with van der Waals surface area (Å²) in [6, 6.07) is 7.73. The van der Waals surface area contributed by atoms with Crippen LogP contribution in [0.3, 0.4) is 0 Å². The minimum atomic E-state index is 0.509. The Kier molecular flexibility index (Phi) is 5.73. The first-order chi connectivity index (χ1) is 9.72. The van der Waals surface area contributed by atoms with Crippen molar-refractivity contribution in [3.05, 3.63) is 29.3 Å². The number of aliphatic imine (C=N–C) groups is 1. The van der Waals surface area contributed by atoms with Crippen molar-refractivity contribution in [1.29, 1.82) is 0 Å². The summed E-state index contributed by atoms with van der Waals surface area (Å²) in [6.45, 7) is 5.80. The Hall–Kier alpha value is -1.20. The first-order valence-electron chi connectivity index (χ1n) is 6.77. The van der Waals surface area contributed by atoms with E-state index in [4.69, 9.17) is 11.6 Å². The number of hydrogen-bond acceptors (Lipinski definition) is 3. The van der Waals surface area contributed by atoms with E-state index in [1.54, 1.807) is 0 Å². The van der Waals surface area contributed by atoms with Gasteiger partial charge in [-0.05, 0) is 43.5 Å². The normalized spacial score (nSPS) is 18.6. The highest BCUT2D eigenvalue weighted by molar-refractivity contribution is 7.98. The van der Waals surface area contributed by atoms with Crippen molar-refractivity contribution >= 4 is 35.7 Å². The number of guanidine groups is 1. The average molecular weight is 311 g/mol. The lowest BCUT2D eigenvalue weighted by molar-refractivity contribution is 0.431. The van der Waals surface area contributed by atoms with Crippen LogP contribution in [0.2, 0.25) is 5.02 Å². The van der Waals surface area contributed by atoms with Gasteiger partial charge in [-0.15, -0.1) is 0 Å². The summed E-state index contributed by atoms with van der Waals surface area (Å²) in [5.74, 6) is 1.31. The zero-order valence-corrected chi connectivity index (χ0v) is 13.3. The van der Waals surface area contributed by atoms with Gasteiger partial charge in [-0.25, -0.2) is 5.01 Å². The van der Waals surface area contributed by atoms with Gasteiger partial charge in [0.15, 0.2) is 0 Å². The van der Waals surface area contributed by atoms with E-state index >= 15 is 0 Å². The molecule has 0 fully saturated rings.